The van der Waals surface area contributed by atoms with Crippen LogP contribution < -0.4 is 5.32 Å². The van der Waals surface area contributed by atoms with E-state index in [1.165, 1.54) is 83.8 Å². The average molecular weight is 280 g/mol. The van der Waals surface area contributed by atoms with Crippen molar-refractivity contribution in [2.24, 2.45) is 5.92 Å². The maximum atomic E-state index is 3.86. The SMILES string of the molecule is CCCNC1CCC(CCC)CC1N1CCCCCC1. The first kappa shape index (κ1) is 16.3. The molecule has 1 heterocycles. The molecule has 0 aromatic carbocycles. The number of rotatable bonds is 6. The van der Waals surface area contributed by atoms with Gasteiger partial charge in [-0.15, -0.1) is 0 Å². The molecule has 118 valence electrons. The third-order valence-corrected chi connectivity index (χ3v) is 5.39. The van der Waals surface area contributed by atoms with Gasteiger partial charge < -0.3 is 5.32 Å². The highest BCUT2D eigenvalue weighted by molar-refractivity contribution is 4.91. The highest BCUT2D eigenvalue weighted by Gasteiger charge is 2.33. The van der Waals surface area contributed by atoms with Crippen LogP contribution in [0.3, 0.4) is 0 Å². The Balaban J connectivity index is 1.95. The second-order valence-electron chi connectivity index (χ2n) is 7.05. The standard InChI is InChI=1S/C18H36N2/c1-3-9-16-10-11-17(19-12-4-2)18(15-16)20-13-7-5-6-8-14-20/h16-19H,3-15H2,1-2H3. The minimum atomic E-state index is 0.765. The summed E-state index contributed by atoms with van der Waals surface area (Å²) in [6.45, 7) is 8.55. The minimum absolute atomic E-state index is 0.765. The van der Waals surface area contributed by atoms with Gasteiger partial charge in [-0.1, -0.05) is 39.5 Å². The summed E-state index contributed by atoms with van der Waals surface area (Å²) >= 11 is 0. The minimum Gasteiger partial charge on any atom is -0.312 e. The van der Waals surface area contributed by atoms with Gasteiger partial charge in [-0.25, -0.2) is 0 Å². The molecule has 1 aliphatic carbocycles. The van der Waals surface area contributed by atoms with Crippen LogP contribution in [0.4, 0.5) is 0 Å². The maximum absolute atomic E-state index is 3.86. The first-order valence-corrected chi connectivity index (χ1v) is 9.32. The summed E-state index contributed by atoms with van der Waals surface area (Å²) in [5, 5.41) is 3.86. The monoisotopic (exact) mass is 280 g/mol. The van der Waals surface area contributed by atoms with E-state index in [1.54, 1.807) is 0 Å². The molecule has 1 saturated carbocycles. The van der Waals surface area contributed by atoms with Crippen molar-refractivity contribution in [3.8, 4) is 0 Å². The van der Waals surface area contributed by atoms with Crippen molar-refractivity contribution in [3.05, 3.63) is 0 Å². The van der Waals surface area contributed by atoms with Gasteiger partial charge in [0, 0.05) is 12.1 Å². The van der Waals surface area contributed by atoms with Crippen LogP contribution in [0.15, 0.2) is 0 Å². The van der Waals surface area contributed by atoms with Gasteiger partial charge in [0.05, 0.1) is 0 Å². The Hall–Kier alpha value is -0.0800. The van der Waals surface area contributed by atoms with E-state index in [1.807, 2.05) is 0 Å². The molecule has 0 aromatic heterocycles. The normalized spacial score (nSPS) is 33.0. The number of nitrogens with zero attached hydrogens (tertiary/aromatic N) is 1. The van der Waals surface area contributed by atoms with Crippen molar-refractivity contribution in [1.82, 2.24) is 10.2 Å². The predicted octanol–water partition coefficient (Wildman–Crippen LogP) is 4.20. The summed E-state index contributed by atoms with van der Waals surface area (Å²) in [7, 11) is 0. The van der Waals surface area contributed by atoms with Crippen molar-refractivity contribution in [1.29, 1.82) is 0 Å². The second kappa shape index (κ2) is 9.04. The zero-order valence-electron chi connectivity index (χ0n) is 13.9. The second-order valence-corrected chi connectivity index (χ2v) is 7.05. The van der Waals surface area contributed by atoms with Gasteiger partial charge in [0.2, 0.25) is 0 Å². The van der Waals surface area contributed by atoms with E-state index in [0.717, 1.165) is 18.0 Å². The smallest absolute Gasteiger partial charge is 0.0251 e. The molecule has 1 N–H and O–H groups in total. The van der Waals surface area contributed by atoms with Crippen LogP contribution in [0.2, 0.25) is 0 Å². The average Bonchev–Trinajstić information content (AvgIpc) is 2.75. The van der Waals surface area contributed by atoms with Gasteiger partial charge in [-0.2, -0.15) is 0 Å². The van der Waals surface area contributed by atoms with Crippen LogP contribution in [0, 0.1) is 5.92 Å². The zero-order valence-corrected chi connectivity index (χ0v) is 13.9. The van der Waals surface area contributed by atoms with E-state index < -0.39 is 0 Å². The molecule has 20 heavy (non-hydrogen) atoms. The summed E-state index contributed by atoms with van der Waals surface area (Å²) in [5.41, 5.74) is 0. The van der Waals surface area contributed by atoms with Crippen molar-refractivity contribution in [2.45, 2.75) is 90.1 Å². The molecule has 3 unspecified atom stereocenters. The van der Waals surface area contributed by atoms with Crippen molar-refractivity contribution < 1.29 is 0 Å². The number of hydrogen-bond donors (Lipinski definition) is 1. The van der Waals surface area contributed by atoms with Gasteiger partial charge in [0.15, 0.2) is 0 Å². The summed E-state index contributed by atoms with van der Waals surface area (Å²) in [4.78, 5) is 2.85. The van der Waals surface area contributed by atoms with Gasteiger partial charge in [0.25, 0.3) is 0 Å². The fourth-order valence-electron chi connectivity index (χ4n) is 4.30. The molecule has 2 fully saturated rings. The molecule has 0 aromatic rings. The summed E-state index contributed by atoms with van der Waals surface area (Å²) in [6.07, 6.45) is 14.2. The molecule has 2 aliphatic rings. The molecular weight excluding hydrogens is 244 g/mol. The van der Waals surface area contributed by atoms with E-state index in [0.29, 0.717) is 0 Å². The molecule has 0 spiro atoms. The number of hydrogen-bond acceptors (Lipinski definition) is 2. The lowest BCUT2D eigenvalue weighted by atomic mass is 9.79. The molecule has 0 radical (unpaired) electrons. The fourth-order valence-corrected chi connectivity index (χ4v) is 4.30. The van der Waals surface area contributed by atoms with Crippen molar-refractivity contribution in [3.63, 3.8) is 0 Å². The maximum Gasteiger partial charge on any atom is 0.0251 e. The highest BCUT2D eigenvalue weighted by atomic mass is 15.2. The lowest BCUT2D eigenvalue weighted by molar-refractivity contribution is 0.0966. The summed E-state index contributed by atoms with van der Waals surface area (Å²) in [5.74, 6) is 0.993. The topological polar surface area (TPSA) is 15.3 Å². The van der Waals surface area contributed by atoms with Crippen LogP contribution in [0.25, 0.3) is 0 Å². The Morgan fingerprint density at radius 2 is 1.70 bits per heavy atom. The van der Waals surface area contributed by atoms with Gasteiger partial charge in [0.1, 0.15) is 0 Å². The first-order valence-electron chi connectivity index (χ1n) is 9.32. The molecule has 2 rings (SSSR count). The van der Waals surface area contributed by atoms with Crippen LogP contribution in [-0.2, 0) is 0 Å². The Morgan fingerprint density at radius 3 is 2.35 bits per heavy atom. The van der Waals surface area contributed by atoms with Crippen LogP contribution in [0.5, 0.6) is 0 Å². The Kier molecular flexibility index (Phi) is 7.37. The third kappa shape index (κ3) is 4.73. The van der Waals surface area contributed by atoms with E-state index in [9.17, 15) is 0 Å². The van der Waals surface area contributed by atoms with E-state index in [-0.39, 0.29) is 0 Å². The van der Waals surface area contributed by atoms with Crippen LogP contribution in [0.1, 0.15) is 78.1 Å². The van der Waals surface area contributed by atoms with Crippen LogP contribution >= 0.6 is 0 Å². The number of likely N-dealkylation sites (tertiary alicyclic amines) is 1. The van der Waals surface area contributed by atoms with E-state index in [4.69, 9.17) is 0 Å². The molecule has 2 nitrogen and oxygen atoms in total. The highest BCUT2D eigenvalue weighted by Crippen LogP contribution is 2.32. The molecule has 0 amide bonds. The quantitative estimate of drug-likeness (QED) is 0.784. The summed E-state index contributed by atoms with van der Waals surface area (Å²) in [6, 6.07) is 1.59. The molecule has 2 heteroatoms. The molecule has 3 atom stereocenters. The Bertz CT molecular complexity index is 246. The third-order valence-electron chi connectivity index (χ3n) is 5.39. The lowest BCUT2D eigenvalue weighted by Gasteiger charge is -2.43. The van der Waals surface area contributed by atoms with Crippen molar-refractivity contribution >= 4 is 0 Å². The molecular formula is C18H36N2. The van der Waals surface area contributed by atoms with E-state index in [2.05, 4.69) is 24.1 Å². The van der Waals surface area contributed by atoms with Gasteiger partial charge in [-0.05, 0) is 64.1 Å². The van der Waals surface area contributed by atoms with Crippen LogP contribution in [-0.4, -0.2) is 36.6 Å². The lowest BCUT2D eigenvalue weighted by Crippen LogP contribution is -2.53. The predicted molar refractivity (Wildman–Crippen MR) is 88.2 cm³/mol. The largest absolute Gasteiger partial charge is 0.312 e. The van der Waals surface area contributed by atoms with Crippen molar-refractivity contribution in [2.75, 3.05) is 19.6 Å². The molecule has 1 saturated heterocycles. The van der Waals surface area contributed by atoms with Gasteiger partial charge >= 0.3 is 0 Å². The fraction of sp³-hybridized carbons (Fsp3) is 1.00. The van der Waals surface area contributed by atoms with E-state index >= 15 is 0 Å². The first-order chi connectivity index (χ1) is 9.85. The Morgan fingerprint density at radius 1 is 0.950 bits per heavy atom. The Labute approximate surface area is 126 Å². The number of nitrogens with one attached hydrogen (secondary N) is 1. The summed E-state index contributed by atoms with van der Waals surface area (Å²) < 4.78 is 0. The molecule has 1 aliphatic heterocycles. The zero-order chi connectivity index (χ0) is 14.2. The molecule has 0 bridgehead atoms. The van der Waals surface area contributed by atoms with Gasteiger partial charge in [-0.3, -0.25) is 4.90 Å².